The number of hydrogen-bond donors (Lipinski definition) is 1. The third kappa shape index (κ3) is 3.31. The largest absolute Gasteiger partial charge is 0.359 e. The van der Waals surface area contributed by atoms with Gasteiger partial charge >= 0.3 is 0 Å². The van der Waals surface area contributed by atoms with Crippen LogP contribution < -0.4 is 5.32 Å². The number of piperidine rings is 1. The molecular formula is C14H24N2O2. The summed E-state index contributed by atoms with van der Waals surface area (Å²) in [6, 6.07) is 0. The number of ketones is 1. The van der Waals surface area contributed by atoms with E-state index in [2.05, 4.69) is 10.2 Å². The summed E-state index contributed by atoms with van der Waals surface area (Å²) in [6.07, 6.45) is 6.39. The number of amides is 1. The molecule has 2 fully saturated rings. The van der Waals surface area contributed by atoms with Crippen molar-refractivity contribution in [2.75, 3.05) is 26.7 Å². The zero-order valence-electron chi connectivity index (χ0n) is 11.3. The van der Waals surface area contributed by atoms with Gasteiger partial charge in [0.2, 0.25) is 5.91 Å². The highest BCUT2D eigenvalue weighted by Gasteiger charge is 2.28. The van der Waals surface area contributed by atoms with Crippen LogP contribution in [0.25, 0.3) is 0 Å². The standard InChI is InChI=1S/C14H24N2O2/c1-15-14(18)12-6-8-16(9-7-12)10-13(17)11-4-2-3-5-11/h11-12H,2-10H2,1H3,(H,15,18). The van der Waals surface area contributed by atoms with Gasteiger partial charge in [-0.2, -0.15) is 0 Å². The first-order valence-electron chi connectivity index (χ1n) is 7.17. The summed E-state index contributed by atoms with van der Waals surface area (Å²) in [5.74, 6) is 1.04. The summed E-state index contributed by atoms with van der Waals surface area (Å²) in [7, 11) is 1.69. The van der Waals surface area contributed by atoms with Crippen LogP contribution in [0.4, 0.5) is 0 Å². The van der Waals surface area contributed by atoms with E-state index in [1.54, 1.807) is 7.05 Å². The van der Waals surface area contributed by atoms with Crippen LogP contribution in [0.5, 0.6) is 0 Å². The molecule has 0 atom stereocenters. The Balaban J connectivity index is 1.73. The number of rotatable bonds is 4. The average Bonchev–Trinajstić information content (AvgIpc) is 2.92. The van der Waals surface area contributed by atoms with E-state index in [9.17, 15) is 9.59 Å². The Kier molecular flexibility index (Phi) is 4.75. The Morgan fingerprint density at radius 3 is 2.22 bits per heavy atom. The quantitative estimate of drug-likeness (QED) is 0.818. The van der Waals surface area contributed by atoms with Crippen LogP contribution in [0.3, 0.4) is 0 Å². The van der Waals surface area contributed by atoms with Crippen molar-refractivity contribution in [1.82, 2.24) is 10.2 Å². The minimum atomic E-state index is 0.146. The highest BCUT2D eigenvalue weighted by atomic mass is 16.1. The van der Waals surface area contributed by atoms with E-state index < -0.39 is 0 Å². The number of hydrogen-bond acceptors (Lipinski definition) is 3. The number of nitrogens with zero attached hydrogens (tertiary/aromatic N) is 1. The lowest BCUT2D eigenvalue weighted by Gasteiger charge is -2.31. The van der Waals surface area contributed by atoms with Crippen LogP contribution in [0.2, 0.25) is 0 Å². The van der Waals surface area contributed by atoms with E-state index in [0.29, 0.717) is 18.2 Å². The third-order valence-electron chi connectivity index (χ3n) is 4.39. The second-order valence-electron chi connectivity index (χ2n) is 5.61. The maximum Gasteiger partial charge on any atom is 0.222 e. The molecule has 1 saturated carbocycles. The van der Waals surface area contributed by atoms with Crippen molar-refractivity contribution < 1.29 is 9.59 Å². The van der Waals surface area contributed by atoms with Crippen molar-refractivity contribution in [3.8, 4) is 0 Å². The van der Waals surface area contributed by atoms with Gasteiger partial charge in [-0.3, -0.25) is 14.5 Å². The van der Waals surface area contributed by atoms with Crippen LogP contribution >= 0.6 is 0 Å². The molecule has 18 heavy (non-hydrogen) atoms. The fourth-order valence-electron chi connectivity index (χ4n) is 3.15. The number of likely N-dealkylation sites (tertiary alicyclic amines) is 1. The minimum Gasteiger partial charge on any atom is -0.359 e. The number of carbonyl (C=O) groups excluding carboxylic acids is 2. The second-order valence-corrected chi connectivity index (χ2v) is 5.61. The zero-order chi connectivity index (χ0) is 13.0. The fraction of sp³-hybridized carbons (Fsp3) is 0.857. The fourth-order valence-corrected chi connectivity index (χ4v) is 3.15. The molecular weight excluding hydrogens is 228 g/mol. The lowest BCUT2D eigenvalue weighted by Crippen LogP contribution is -2.42. The van der Waals surface area contributed by atoms with Crippen molar-refractivity contribution in [1.29, 1.82) is 0 Å². The molecule has 1 heterocycles. The van der Waals surface area contributed by atoms with E-state index in [1.165, 1.54) is 12.8 Å². The highest BCUT2D eigenvalue weighted by molar-refractivity contribution is 5.83. The maximum absolute atomic E-state index is 12.1. The van der Waals surface area contributed by atoms with Gasteiger partial charge in [0, 0.05) is 18.9 Å². The molecule has 1 amide bonds. The molecule has 0 aromatic heterocycles. The molecule has 0 spiro atoms. The van der Waals surface area contributed by atoms with Gasteiger partial charge < -0.3 is 5.32 Å². The van der Waals surface area contributed by atoms with Crippen molar-refractivity contribution in [3.05, 3.63) is 0 Å². The molecule has 2 rings (SSSR count). The first-order valence-corrected chi connectivity index (χ1v) is 7.17. The SMILES string of the molecule is CNC(=O)C1CCN(CC(=O)C2CCCC2)CC1. The molecule has 0 aromatic carbocycles. The summed E-state index contributed by atoms with van der Waals surface area (Å²) in [4.78, 5) is 25.8. The van der Waals surface area contributed by atoms with Crippen LogP contribution in [0.15, 0.2) is 0 Å². The van der Waals surface area contributed by atoms with Gasteiger partial charge in [0.25, 0.3) is 0 Å². The van der Waals surface area contributed by atoms with E-state index >= 15 is 0 Å². The van der Waals surface area contributed by atoms with Gasteiger partial charge in [-0.1, -0.05) is 12.8 Å². The van der Waals surface area contributed by atoms with E-state index in [-0.39, 0.29) is 11.8 Å². The predicted molar refractivity (Wildman–Crippen MR) is 70.2 cm³/mol. The van der Waals surface area contributed by atoms with Crippen molar-refractivity contribution in [2.45, 2.75) is 38.5 Å². The van der Waals surface area contributed by atoms with Gasteiger partial charge in [0.15, 0.2) is 0 Å². The molecule has 1 saturated heterocycles. The van der Waals surface area contributed by atoms with E-state index in [4.69, 9.17) is 0 Å². The molecule has 2 aliphatic rings. The monoisotopic (exact) mass is 252 g/mol. The van der Waals surface area contributed by atoms with E-state index in [1.807, 2.05) is 0 Å². The van der Waals surface area contributed by atoms with Crippen molar-refractivity contribution in [3.63, 3.8) is 0 Å². The smallest absolute Gasteiger partial charge is 0.222 e. The lowest BCUT2D eigenvalue weighted by molar-refractivity contribution is -0.126. The first-order chi connectivity index (χ1) is 8.70. The number of nitrogens with one attached hydrogen (secondary N) is 1. The summed E-state index contributed by atoms with van der Waals surface area (Å²) in [5.41, 5.74) is 0. The van der Waals surface area contributed by atoms with Crippen molar-refractivity contribution >= 4 is 11.7 Å². The van der Waals surface area contributed by atoms with Crippen LogP contribution in [0.1, 0.15) is 38.5 Å². The third-order valence-corrected chi connectivity index (χ3v) is 4.39. The Labute approximate surface area is 109 Å². The number of carbonyl (C=O) groups is 2. The average molecular weight is 252 g/mol. The molecule has 0 radical (unpaired) electrons. The van der Waals surface area contributed by atoms with Crippen molar-refractivity contribution in [2.24, 2.45) is 11.8 Å². The van der Waals surface area contributed by atoms with Gasteiger partial charge in [-0.25, -0.2) is 0 Å². The van der Waals surface area contributed by atoms with Crippen LogP contribution in [-0.4, -0.2) is 43.3 Å². The zero-order valence-corrected chi connectivity index (χ0v) is 11.3. The Morgan fingerprint density at radius 2 is 1.67 bits per heavy atom. The Morgan fingerprint density at radius 1 is 1.06 bits per heavy atom. The molecule has 102 valence electrons. The topological polar surface area (TPSA) is 49.4 Å². The molecule has 1 N–H and O–H groups in total. The summed E-state index contributed by atoms with van der Waals surface area (Å²) in [5, 5.41) is 2.71. The van der Waals surface area contributed by atoms with E-state index in [0.717, 1.165) is 38.8 Å². The Bertz CT molecular complexity index is 303. The summed E-state index contributed by atoms with van der Waals surface area (Å²) in [6.45, 7) is 2.37. The minimum absolute atomic E-state index is 0.146. The number of Topliss-reactive ketones (excluding diaryl/α,β-unsaturated/α-hetero) is 1. The highest BCUT2D eigenvalue weighted by Crippen LogP contribution is 2.26. The predicted octanol–water partition coefficient (Wildman–Crippen LogP) is 1.20. The summed E-state index contributed by atoms with van der Waals surface area (Å²) < 4.78 is 0. The van der Waals surface area contributed by atoms with Crippen LogP contribution in [-0.2, 0) is 9.59 Å². The summed E-state index contributed by atoms with van der Waals surface area (Å²) >= 11 is 0. The molecule has 4 nitrogen and oxygen atoms in total. The van der Waals surface area contributed by atoms with Gasteiger partial charge in [0.05, 0.1) is 6.54 Å². The van der Waals surface area contributed by atoms with Gasteiger partial charge in [-0.05, 0) is 38.8 Å². The van der Waals surface area contributed by atoms with Gasteiger partial charge in [-0.15, -0.1) is 0 Å². The van der Waals surface area contributed by atoms with Crippen LogP contribution in [0, 0.1) is 11.8 Å². The molecule has 0 aromatic rings. The molecule has 0 bridgehead atoms. The molecule has 0 unspecified atom stereocenters. The lowest BCUT2D eigenvalue weighted by atomic mass is 9.95. The second kappa shape index (κ2) is 6.32. The molecule has 4 heteroatoms. The molecule has 1 aliphatic carbocycles. The molecule has 1 aliphatic heterocycles. The maximum atomic E-state index is 12.1. The normalized spacial score (nSPS) is 23.2. The first kappa shape index (κ1) is 13.5. The Hall–Kier alpha value is -0.900. The van der Waals surface area contributed by atoms with Gasteiger partial charge in [0.1, 0.15) is 5.78 Å².